The predicted molar refractivity (Wildman–Crippen MR) is 101 cm³/mol. The Bertz CT molecular complexity index is 695. The summed E-state index contributed by atoms with van der Waals surface area (Å²) in [6, 6.07) is 13.0. The molecule has 2 aromatic rings. The van der Waals surface area contributed by atoms with E-state index >= 15 is 0 Å². The first-order valence-electron chi connectivity index (χ1n) is 7.96. The fourth-order valence-electron chi connectivity index (χ4n) is 2.33. The molecule has 0 spiro atoms. The Morgan fingerprint density at radius 3 is 2.36 bits per heavy atom. The van der Waals surface area contributed by atoms with Gasteiger partial charge in [-0.25, -0.2) is 4.39 Å². The standard InChI is InChI=1S/C19H23FN2O2.ClH/c1-12(2)24-17-10-9-15(20)11-16(17)22-19(23)13(3)18(21)14-7-5-4-6-8-14;/h4-13,18H,21H2,1-3H3,(H,22,23);1H. The molecule has 0 aliphatic carbocycles. The first-order chi connectivity index (χ1) is 11.4. The van der Waals surface area contributed by atoms with Crippen LogP contribution in [0.5, 0.6) is 5.75 Å². The average molecular weight is 367 g/mol. The van der Waals surface area contributed by atoms with E-state index in [1.54, 1.807) is 6.92 Å². The zero-order valence-electron chi connectivity index (χ0n) is 14.5. The molecule has 0 aliphatic rings. The highest BCUT2D eigenvalue weighted by Crippen LogP contribution is 2.28. The molecule has 0 saturated carbocycles. The number of hydrogen-bond acceptors (Lipinski definition) is 3. The minimum Gasteiger partial charge on any atom is -0.489 e. The molecule has 2 unspecified atom stereocenters. The summed E-state index contributed by atoms with van der Waals surface area (Å²) in [6.45, 7) is 5.47. The van der Waals surface area contributed by atoms with E-state index in [9.17, 15) is 9.18 Å². The fraction of sp³-hybridized carbons (Fsp3) is 0.316. The summed E-state index contributed by atoms with van der Waals surface area (Å²) in [5.41, 5.74) is 7.36. The van der Waals surface area contributed by atoms with Crippen LogP contribution in [0.2, 0.25) is 0 Å². The lowest BCUT2D eigenvalue weighted by atomic mass is 9.94. The van der Waals surface area contributed by atoms with Crippen LogP contribution < -0.4 is 15.8 Å². The fourth-order valence-corrected chi connectivity index (χ4v) is 2.33. The molecule has 136 valence electrons. The second-order valence-corrected chi connectivity index (χ2v) is 6.02. The van der Waals surface area contributed by atoms with E-state index in [0.717, 1.165) is 5.56 Å². The molecule has 0 aromatic heterocycles. The summed E-state index contributed by atoms with van der Waals surface area (Å²) in [7, 11) is 0. The SMILES string of the molecule is CC(C)Oc1ccc(F)cc1NC(=O)C(C)C(N)c1ccccc1.Cl. The van der Waals surface area contributed by atoms with Crippen LogP contribution in [0.3, 0.4) is 0 Å². The number of carbonyl (C=O) groups is 1. The van der Waals surface area contributed by atoms with Crippen molar-refractivity contribution in [3.8, 4) is 5.75 Å². The second-order valence-electron chi connectivity index (χ2n) is 6.02. The van der Waals surface area contributed by atoms with Gasteiger partial charge in [0.05, 0.1) is 17.7 Å². The average Bonchev–Trinajstić information content (AvgIpc) is 2.56. The predicted octanol–water partition coefficient (Wildman–Crippen LogP) is 4.31. The number of rotatable bonds is 6. The van der Waals surface area contributed by atoms with Gasteiger partial charge in [0, 0.05) is 12.1 Å². The van der Waals surface area contributed by atoms with Crippen molar-refractivity contribution >= 4 is 24.0 Å². The lowest BCUT2D eigenvalue weighted by Crippen LogP contribution is -2.30. The van der Waals surface area contributed by atoms with Crippen molar-refractivity contribution in [2.45, 2.75) is 32.9 Å². The van der Waals surface area contributed by atoms with Gasteiger partial charge in [0.15, 0.2) is 0 Å². The number of anilines is 1. The number of ether oxygens (including phenoxy) is 1. The normalized spacial score (nSPS) is 12.9. The summed E-state index contributed by atoms with van der Waals surface area (Å²) < 4.78 is 19.1. The third-order valence-electron chi connectivity index (χ3n) is 3.70. The molecule has 2 atom stereocenters. The van der Waals surface area contributed by atoms with E-state index in [1.165, 1.54) is 18.2 Å². The molecule has 0 heterocycles. The first kappa shape index (κ1) is 20.9. The molecule has 6 heteroatoms. The topological polar surface area (TPSA) is 64.3 Å². The first-order valence-corrected chi connectivity index (χ1v) is 7.96. The van der Waals surface area contributed by atoms with Gasteiger partial charge >= 0.3 is 0 Å². The van der Waals surface area contributed by atoms with Crippen LogP contribution in [0.4, 0.5) is 10.1 Å². The Labute approximate surface area is 154 Å². The lowest BCUT2D eigenvalue weighted by Gasteiger charge is -2.21. The van der Waals surface area contributed by atoms with E-state index in [1.807, 2.05) is 44.2 Å². The van der Waals surface area contributed by atoms with Gasteiger partial charge in [0.1, 0.15) is 11.6 Å². The van der Waals surface area contributed by atoms with Crippen molar-refractivity contribution in [1.29, 1.82) is 0 Å². The Hall–Kier alpha value is -2.11. The molecule has 2 rings (SSSR count). The Balaban J connectivity index is 0.00000312. The summed E-state index contributed by atoms with van der Waals surface area (Å²) >= 11 is 0. The maximum Gasteiger partial charge on any atom is 0.229 e. The van der Waals surface area contributed by atoms with Crippen molar-refractivity contribution < 1.29 is 13.9 Å². The van der Waals surface area contributed by atoms with Gasteiger partial charge in [0.25, 0.3) is 0 Å². The molecule has 1 amide bonds. The number of halogens is 2. The molecule has 25 heavy (non-hydrogen) atoms. The van der Waals surface area contributed by atoms with E-state index in [-0.39, 0.29) is 24.4 Å². The second kappa shape index (κ2) is 9.39. The van der Waals surface area contributed by atoms with Crippen molar-refractivity contribution in [3.05, 3.63) is 59.9 Å². The van der Waals surface area contributed by atoms with E-state index in [0.29, 0.717) is 11.4 Å². The van der Waals surface area contributed by atoms with Crippen molar-refractivity contribution in [1.82, 2.24) is 0 Å². The third-order valence-corrected chi connectivity index (χ3v) is 3.70. The maximum absolute atomic E-state index is 13.5. The Kier molecular flexibility index (Phi) is 7.87. The van der Waals surface area contributed by atoms with Crippen LogP contribution in [0, 0.1) is 11.7 Å². The molecular formula is C19H24ClFN2O2. The van der Waals surface area contributed by atoms with Gasteiger partial charge in [-0.3, -0.25) is 4.79 Å². The summed E-state index contributed by atoms with van der Waals surface area (Å²) in [6.07, 6.45) is -0.0879. The Morgan fingerprint density at radius 1 is 1.12 bits per heavy atom. The van der Waals surface area contributed by atoms with Gasteiger partial charge in [-0.1, -0.05) is 37.3 Å². The van der Waals surface area contributed by atoms with Crippen LogP contribution >= 0.6 is 12.4 Å². The third kappa shape index (κ3) is 5.73. The minimum absolute atomic E-state index is 0. The van der Waals surface area contributed by atoms with E-state index in [4.69, 9.17) is 10.5 Å². The van der Waals surface area contributed by atoms with Crippen LogP contribution in [0.1, 0.15) is 32.4 Å². The number of carbonyl (C=O) groups excluding carboxylic acids is 1. The molecule has 0 saturated heterocycles. The van der Waals surface area contributed by atoms with Gasteiger partial charge in [-0.15, -0.1) is 12.4 Å². The maximum atomic E-state index is 13.5. The molecule has 3 N–H and O–H groups in total. The molecule has 0 radical (unpaired) electrons. The monoisotopic (exact) mass is 366 g/mol. The minimum atomic E-state index is -0.484. The van der Waals surface area contributed by atoms with Crippen molar-refractivity contribution in [2.24, 2.45) is 11.7 Å². The molecule has 2 aromatic carbocycles. The number of benzene rings is 2. The van der Waals surface area contributed by atoms with Gasteiger partial charge in [-0.2, -0.15) is 0 Å². The van der Waals surface area contributed by atoms with Crippen LogP contribution in [0.15, 0.2) is 48.5 Å². The number of hydrogen-bond donors (Lipinski definition) is 2. The molecular weight excluding hydrogens is 343 g/mol. The smallest absolute Gasteiger partial charge is 0.229 e. The van der Waals surface area contributed by atoms with Crippen LogP contribution in [0.25, 0.3) is 0 Å². The quantitative estimate of drug-likeness (QED) is 0.800. The zero-order chi connectivity index (χ0) is 17.7. The highest BCUT2D eigenvalue weighted by molar-refractivity contribution is 5.94. The lowest BCUT2D eigenvalue weighted by molar-refractivity contribution is -0.120. The number of nitrogens with one attached hydrogen (secondary N) is 1. The van der Waals surface area contributed by atoms with Gasteiger partial charge in [-0.05, 0) is 31.5 Å². The largest absolute Gasteiger partial charge is 0.489 e. The summed E-state index contributed by atoms with van der Waals surface area (Å²) in [5.74, 6) is -0.783. The number of amides is 1. The molecule has 0 fully saturated rings. The highest BCUT2D eigenvalue weighted by Gasteiger charge is 2.23. The molecule has 0 bridgehead atoms. The van der Waals surface area contributed by atoms with E-state index < -0.39 is 17.8 Å². The van der Waals surface area contributed by atoms with Gasteiger partial charge in [0.2, 0.25) is 5.91 Å². The highest BCUT2D eigenvalue weighted by atomic mass is 35.5. The van der Waals surface area contributed by atoms with E-state index in [2.05, 4.69) is 5.32 Å². The zero-order valence-corrected chi connectivity index (χ0v) is 15.3. The Morgan fingerprint density at radius 2 is 1.76 bits per heavy atom. The van der Waals surface area contributed by atoms with Crippen LogP contribution in [-0.4, -0.2) is 12.0 Å². The molecule has 0 aliphatic heterocycles. The van der Waals surface area contributed by atoms with Crippen molar-refractivity contribution in [2.75, 3.05) is 5.32 Å². The summed E-state index contributed by atoms with van der Waals surface area (Å²) in [5, 5.41) is 2.72. The molecule has 4 nitrogen and oxygen atoms in total. The number of nitrogens with two attached hydrogens (primary N) is 1. The van der Waals surface area contributed by atoms with Crippen molar-refractivity contribution in [3.63, 3.8) is 0 Å². The van der Waals surface area contributed by atoms with Gasteiger partial charge < -0.3 is 15.8 Å². The van der Waals surface area contributed by atoms with Crippen LogP contribution in [-0.2, 0) is 4.79 Å². The summed E-state index contributed by atoms with van der Waals surface area (Å²) in [4.78, 5) is 12.5.